The van der Waals surface area contributed by atoms with Crippen molar-refractivity contribution in [1.82, 2.24) is 14.8 Å². The van der Waals surface area contributed by atoms with Crippen LogP contribution in [0.4, 0.5) is 0 Å². The van der Waals surface area contributed by atoms with Crippen molar-refractivity contribution in [2.24, 2.45) is 5.92 Å². The summed E-state index contributed by atoms with van der Waals surface area (Å²) in [5.41, 5.74) is 1.19. The molecule has 0 aromatic carbocycles. The van der Waals surface area contributed by atoms with Gasteiger partial charge in [0.15, 0.2) is 0 Å². The lowest BCUT2D eigenvalue weighted by Gasteiger charge is -2.25. The minimum atomic E-state index is -0.741. The van der Waals surface area contributed by atoms with Crippen molar-refractivity contribution >= 4 is 17.3 Å². The highest BCUT2D eigenvalue weighted by molar-refractivity contribution is 7.09. The second-order valence-corrected chi connectivity index (χ2v) is 8.28. The molecule has 24 heavy (non-hydrogen) atoms. The van der Waals surface area contributed by atoms with E-state index in [-0.39, 0.29) is 6.54 Å². The van der Waals surface area contributed by atoms with E-state index in [1.54, 1.807) is 11.3 Å². The van der Waals surface area contributed by atoms with Crippen molar-refractivity contribution in [3.8, 4) is 0 Å². The molecule has 0 radical (unpaired) electrons. The van der Waals surface area contributed by atoms with E-state index >= 15 is 0 Å². The van der Waals surface area contributed by atoms with Crippen molar-refractivity contribution in [3.63, 3.8) is 0 Å². The number of carboxylic acid groups (broad SMARTS) is 1. The molecule has 2 heterocycles. The molecule has 0 bridgehead atoms. The van der Waals surface area contributed by atoms with Gasteiger partial charge in [-0.1, -0.05) is 13.8 Å². The van der Waals surface area contributed by atoms with Gasteiger partial charge in [0.25, 0.3) is 0 Å². The first-order valence-corrected chi connectivity index (χ1v) is 9.89. The number of hydrogen-bond acceptors (Lipinski definition) is 5. The second kappa shape index (κ2) is 9.49. The standard InChI is InChI=1S/C18H31N3O2S/c1-14(2)6-7-17-19-15(13-24-17)11-21-9-4-5-16(8-10-21)20(3)12-18(22)23/h13-14,16H,4-12H2,1-3H3,(H,22,23). The molecule has 2 rings (SSSR count). The van der Waals surface area contributed by atoms with Crippen LogP contribution in [0, 0.1) is 5.92 Å². The SMILES string of the molecule is CC(C)CCc1nc(CN2CCCC(N(C)CC(=O)O)CC2)cs1. The fourth-order valence-corrected chi connectivity index (χ4v) is 4.06. The third-order valence-corrected chi connectivity index (χ3v) is 5.68. The van der Waals surface area contributed by atoms with Crippen molar-refractivity contribution in [3.05, 3.63) is 16.1 Å². The molecule has 0 saturated carbocycles. The average molecular weight is 354 g/mol. The minimum absolute atomic E-state index is 0.135. The largest absolute Gasteiger partial charge is 0.480 e. The van der Waals surface area contributed by atoms with Crippen LogP contribution in [0.15, 0.2) is 5.38 Å². The second-order valence-electron chi connectivity index (χ2n) is 7.33. The lowest BCUT2D eigenvalue weighted by molar-refractivity contribution is -0.138. The molecular weight excluding hydrogens is 322 g/mol. The molecule has 1 N–H and O–H groups in total. The molecule has 6 heteroatoms. The molecule has 136 valence electrons. The van der Waals surface area contributed by atoms with E-state index in [9.17, 15) is 4.79 Å². The van der Waals surface area contributed by atoms with E-state index < -0.39 is 5.97 Å². The lowest BCUT2D eigenvalue weighted by atomic mass is 10.1. The van der Waals surface area contributed by atoms with Crippen molar-refractivity contribution in [2.45, 2.75) is 58.5 Å². The Morgan fingerprint density at radius 2 is 2.25 bits per heavy atom. The van der Waals surface area contributed by atoms with Crippen molar-refractivity contribution in [1.29, 1.82) is 0 Å². The average Bonchev–Trinajstić information content (AvgIpc) is 2.81. The van der Waals surface area contributed by atoms with Crippen LogP contribution < -0.4 is 0 Å². The van der Waals surface area contributed by atoms with Gasteiger partial charge in [0, 0.05) is 24.5 Å². The van der Waals surface area contributed by atoms with Gasteiger partial charge in [-0.3, -0.25) is 14.6 Å². The fraction of sp³-hybridized carbons (Fsp3) is 0.778. The van der Waals surface area contributed by atoms with Gasteiger partial charge in [-0.25, -0.2) is 4.98 Å². The molecule has 1 unspecified atom stereocenters. The summed E-state index contributed by atoms with van der Waals surface area (Å²) in [5.74, 6) is -0.0160. The normalized spacial score (nSPS) is 19.8. The number of hydrogen-bond donors (Lipinski definition) is 1. The first kappa shape index (κ1) is 19.3. The molecule has 1 aromatic heterocycles. The highest BCUT2D eigenvalue weighted by Gasteiger charge is 2.22. The van der Waals surface area contributed by atoms with Crippen LogP contribution in [0.2, 0.25) is 0 Å². The number of likely N-dealkylation sites (N-methyl/N-ethyl adjacent to an activating group) is 1. The monoisotopic (exact) mass is 353 g/mol. The quantitative estimate of drug-likeness (QED) is 0.778. The van der Waals surface area contributed by atoms with Gasteiger partial charge in [0.1, 0.15) is 0 Å². The van der Waals surface area contributed by atoms with E-state index in [1.165, 1.54) is 17.1 Å². The Labute approximate surface area is 149 Å². The molecule has 0 aliphatic carbocycles. The van der Waals surface area contributed by atoms with E-state index in [4.69, 9.17) is 10.1 Å². The van der Waals surface area contributed by atoms with Gasteiger partial charge >= 0.3 is 5.97 Å². The van der Waals surface area contributed by atoms with Crippen molar-refractivity contribution in [2.75, 3.05) is 26.7 Å². The zero-order valence-corrected chi connectivity index (χ0v) is 16.0. The molecule has 1 atom stereocenters. The molecule has 1 aliphatic heterocycles. The summed E-state index contributed by atoms with van der Waals surface area (Å²) in [6, 6.07) is 0.378. The molecule has 0 amide bonds. The van der Waals surface area contributed by atoms with Crippen LogP contribution >= 0.6 is 11.3 Å². The Balaban J connectivity index is 1.80. The molecule has 0 spiro atoms. The molecule has 1 saturated heterocycles. The summed E-state index contributed by atoms with van der Waals surface area (Å²) in [5, 5.41) is 12.4. The van der Waals surface area contributed by atoms with E-state index in [1.807, 2.05) is 11.9 Å². The van der Waals surface area contributed by atoms with E-state index in [2.05, 4.69) is 24.1 Å². The molecule has 1 aromatic rings. The number of aliphatic carboxylic acids is 1. The van der Waals surface area contributed by atoms with E-state index in [0.717, 1.165) is 51.2 Å². The minimum Gasteiger partial charge on any atom is -0.480 e. The lowest BCUT2D eigenvalue weighted by Crippen LogP contribution is -2.36. The maximum absolute atomic E-state index is 10.9. The number of nitrogens with zero attached hydrogens (tertiary/aromatic N) is 3. The van der Waals surface area contributed by atoms with Crippen LogP contribution in [0.5, 0.6) is 0 Å². The zero-order valence-electron chi connectivity index (χ0n) is 15.2. The van der Waals surface area contributed by atoms with Crippen molar-refractivity contribution < 1.29 is 9.90 Å². The van der Waals surface area contributed by atoms with Crippen LogP contribution in [-0.2, 0) is 17.8 Å². The summed E-state index contributed by atoms with van der Waals surface area (Å²) < 4.78 is 0. The number of rotatable bonds is 8. The Morgan fingerprint density at radius 1 is 1.46 bits per heavy atom. The fourth-order valence-electron chi connectivity index (χ4n) is 3.26. The Morgan fingerprint density at radius 3 is 2.96 bits per heavy atom. The molecule has 5 nitrogen and oxygen atoms in total. The number of aromatic nitrogens is 1. The Kier molecular flexibility index (Phi) is 7.65. The number of aryl methyl sites for hydroxylation is 1. The maximum atomic E-state index is 10.9. The summed E-state index contributed by atoms with van der Waals surface area (Å²) >= 11 is 1.79. The highest BCUT2D eigenvalue weighted by atomic mass is 32.1. The predicted molar refractivity (Wildman–Crippen MR) is 98.5 cm³/mol. The maximum Gasteiger partial charge on any atom is 0.317 e. The number of carbonyl (C=O) groups is 1. The number of thiazole rings is 1. The predicted octanol–water partition coefficient (Wildman–Crippen LogP) is 3.10. The summed E-state index contributed by atoms with van der Waals surface area (Å²) in [6.45, 7) is 7.67. The van der Waals surface area contributed by atoms with Gasteiger partial charge in [-0.2, -0.15) is 0 Å². The van der Waals surface area contributed by atoms with Gasteiger partial charge in [-0.15, -0.1) is 11.3 Å². The van der Waals surface area contributed by atoms with Gasteiger partial charge in [0.05, 0.1) is 17.2 Å². The van der Waals surface area contributed by atoms with Crippen LogP contribution in [0.25, 0.3) is 0 Å². The van der Waals surface area contributed by atoms with Gasteiger partial charge in [-0.05, 0) is 51.6 Å². The Hall–Kier alpha value is -0.980. The van der Waals surface area contributed by atoms with Gasteiger partial charge in [0.2, 0.25) is 0 Å². The smallest absolute Gasteiger partial charge is 0.317 e. The summed E-state index contributed by atoms with van der Waals surface area (Å²) in [4.78, 5) is 20.1. The number of likely N-dealkylation sites (tertiary alicyclic amines) is 1. The first-order valence-electron chi connectivity index (χ1n) is 9.01. The molecule has 1 fully saturated rings. The first-order chi connectivity index (χ1) is 11.4. The molecule has 1 aliphatic rings. The third-order valence-electron chi connectivity index (χ3n) is 4.72. The highest BCUT2D eigenvalue weighted by Crippen LogP contribution is 2.19. The van der Waals surface area contributed by atoms with Crippen LogP contribution in [0.1, 0.15) is 50.2 Å². The van der Waals surface area contributed by atoms with Crippen LogP contribution in [-0.4, -0.2) is 58.6 Å². The van der Waals surface area contributed by atoms with Crippen LogP contribution in [0.3, 0.4) is 0 Å². The third kappa shape index (κ3) is 6.49. The molecular formula is C18H31N3O2S. The summed E-state index contributed by atoms with van der Waals surface area (Å²) in [6.07, 6.45) is 5.53. The topological polar surface area (TPSA) is 56.7 Å². The Bertz CT molecular complexity index is 518. The van der Waals surface area contributed by atoms with Gasteiger partial charge < -0.3 is 5.11 Å². The van der Waals surface area contributed by atoms with E-state index in [0.29, 0.717) is 6.04 Å². The number of carboxylic acids is 1. The summed E-state index contributed by atoms with van der Waals surface area (Å²) in [7, 11) is 1.93. The zero-order chi connectivity index (χ0) is 17.5.